The van der Waals surface area contributed by atoms with Gasteiger partial charge in [0.2, 0.25) is 0 Å². The minimum absolute atomic E-state index is 0.0970. The first-order chi connectivity index (χ1) is 8.58. The Labute approximate surface area is 109 Å². The zero-order valence-electron chi connectivity index (χ0n) is 11.5. The number of hydrogen-bond donors (Lipinski definition) is 1. The van der Waals surface area contributed by atoms with Gasteiger partial charge < -0.3 is 10.2 Å². The molecule has 1 fully saturated rings. The third-order valence-corrected chi connectivity index (χ3v) is 3.55. The summed E-state index contributed by atoms with van der Waals surface area (Å²) in [6, 6.07) is 5.78. The van der Waals surface area contributed by atoms with Gasteiger partial charge in [-0.25, -0.2) is 4.39 Å². The molecule has 1 atom stereocenters. The molecule has 18 heavy (non-hydrogen) atoms. The molecule has 100 valence electrons. The van der Waals surface area contributed by atoms with Crippen molar-refractivity contribution in [3.8, 4) is 0 Å². The average Bonchev–Trinajstić information content (AvgIpc) is 2.73. The summed E-state index contributed by atoms with van der Waals surface area (Å²) >= 11 is 0. The predicted octanol–water partition coefficient (Wildman–Crippen LogP) is 3.17. The Kier molecular flexibility index (Phi) is 4.23. The number of anilines is 1. The molecule has 3 heteroatoms. The van der Waals surface area contributed by atoms with Crippen molar-refractivity contribution >= 4 is 5.69 Å². The van der Waals surface area contributed by atoms with Crippen molar-refractivity contribution in [3.63, 3.8) is 0 Å². The molecule has 1 aromatic rings. The number of hydrogen-bond acceptors (Lipinski definition) is 2. The fourth-order valence-electron chi connectivity index (χ4n) is 2.48. The van der Waals surface area contributed by atoms with Crippen LogP contribution in [-0.2, 0) is 6.54 Å². The Bertz CT molecular complexity index is 403. The van der Waals surface area contributed by atoms with Crippen LogP contribution in [0.25, 0.3) is 0 Å². The summed E-state index contributed by atoms with van der Waals surface area (Å²) in [7, 11) is 0. The summed E-state index contributed by atoms with van der Waals surface area (Å²) in [5, 5.41) is 3.31. The Morgan fingerprint density at radius 2 is 2.22 bits per heavy atom. The van der Waals surface area contributed by atoms with Crippen molar-refractivity contribution in [2.45, 2.75) is 39.8 Å². The van der Waals surface area contributed by atoms with Crippen molar-refractivity contribution < 1.29 is 4.39 Å². The normalized spacial score (nSPS) is 19.8. The smallest absolute Gasteiger partial charge is 0.129 e. The summed E-state index contributed by atoms with van der Waals surface area (Å²) in [5.74, 6) is 0.611. The number of nitrogens with zero attached hydrogens (tertiary/aromatic N) is 1. The standard InChI is InChI=1S/C15H23FN2/c1-11(2)17-9-13-14(16)5-4-6-15(13)18-8-7-12(3)10-18/h4-6,11-12,17H,7-10H2,1-3H3. The van der Waals surface area contributed by atoms with Crippen LogP contribution in [0.1, 0.15) is 32.8 Å². The van der Waals surface area contributed by atoms with E-state index in [1.807, 2.05) is 12.1 Å². The molecule has 1 aromatic carbocycles. The first kappa shape index (κ1) is 13.3. The summed E-state index contributed by atoms with van der Waals surface area (Å²) in [6.45, 7) is 9.10. The number of benzene rings is 1. The van der Waals surface area contributed by atoms with Crippen LogP contribution in [0.4, 0.5) is 10.1 Å². The topological polar surface area (TPSA) is 15.3 Å². The van der Waals surface area contributed by atoms with Gasteiger partial charge in [0, 0.05) is 36.9 Å². The maximum atomic E-state index is 14.0. The van der Waals surface area contributed by atoms with Crippen LogP contribution in [0.3, 0.4) is 0 Å². The largest absolute Gasteiger partial charge is 0.371 e. The molecule has 1 saturated heterocycles. The van der Waals surface area contributed by atoms with Gasteiger partial charge in [0.1, 0.15) is 5.82 Å². The SMILES string of the molecule is CC1CCN(c2cccc(F)c2CNC(C)C)C1. The molecule has 0 aromatic heterocycles. The molecule has 2 rings (SSSR count). The van der Waals surface area contributed by atoms with Gasteiger partial charge in [0.15, 0.2) is 0 Å². The van der Waals surface area contributed by atoms with Crippen LogP contribution in [0, 0.1) is 11.7 Å². The Morgan fingerprint density at radius 1 is 1.44 bits per heavy atom. The van der Waals surface area contributed by atoms with Crippen molar-refractivity contribution in [1.29, 1.82) is 0 Å². The minimum Gasteiger partial charge on any atom is -0.371 e. The molecule has 0 saturated carbocycles. The van der Waals surface area contributed by atoms with Crippen molar-refractivity contribution in [2.75, 3.05) is 18.0 Å². The highest BCUT2D eigenvalue weighted by atomic mass is 19.1. The third-order valence-electron chi connectivity index (χ3n) is 3.55. The van der Waals surface area contributed by atoms with E-state index >= 15 is 0 Å². The number of halogens is 1. The van der Waals surface area contributed by atoms with Crippen LogP contribution in [-0.4, -0.2) is 19.1 Å². The van der Waals surface area contributed by atoms with E-state index in [1.54, 1.807) is 6.07 Å². The van der Waals surface area contributed by atoms with E-state index < -0.39 is 0 Å². The highest BCUT2D eigenvalue weighted by Crippen LogP contribution is 2.28. The second-order valence-electron chi connectivity index (χ2n) is 5.61. The van der Waals surface area contributed by atoms with Gasteiger partial charge in [-0.3, -0.25) is 0 Å². The molecule has 2 nitrogen and oxygen atoms in total. The Morgan fingerprint density at radius 3 is 2.83 bits per heavy atom. The Balaban J connectivity index is 2.20. The van der Waals surface area contributed by atoms with Crippen molar-refractivity contribution in [1.82, 2.24) is 5.32 Å². The van der Waals surface area contributed by atoms with Gasteiger partial charge in [-0.15, -0.1) is 0 Å². The molecule has 0 spiro atoms. The molecular weight excluding hydrogens is 227 g/mol. The second kappa shape index (κ2) is 5.70. The number of nitrogens with one attached hydrogen (secondary N) is 1. The Hall–Kier alpha value is -1.09. The highest BCUT2D eigenvalue weighted by Gasteiger charge is 2.22. The van der Waals surface area contributed by atoms with E-state index in [-0.39, 0.29) is 5.82 Å². The lowest BCUT2D eigenvalue weighted by molar-refractivity contribution is 0.552. The van der Waals surface area contributed by atoms with E-state index in [4.69, 9.17) is 0 Å². The minimum atomic E-state index is -0.0970. The lowest BCUT2D eigenvalue weighted by Gasteiger charge is -2.23. The molecule has 1 heterocycles. The van der Waals surface area contributed by atoms with Crippen LogP contribution in [0.15, 0.2) is 18.2 Å². The summed E-state index contributed by atoms with van der Waals surface area (Å²) in [6.07, 6.45) is 1.20. The summed E-state index contributed by atoms with van der Waals surface area (Å²) in [4.78, 5) is 2.31. The van der Waals surface area contributed by atoms with Crippen molar-refractivity contribution in [3.05, 3.63) is 29.6 Å². The lowest BCUT2D eigenvalue weighted by Crippen LogP contribution is -2.26. The third kappa shape index (κ3) is 3.02. The zero-order chi connectivity index (χ0) is 13.1. The first-order valence-electron chi connectivity index (χ1n) is 6.83. The summed E-state index contributed by atoms with van der Waals surface area (Å²) < 4.78 is 14.0. The second-order valence-corrected chi connectivity index (χ2v) is 5.61. The van der Waals surface area contributed by atoms with Gasteiger partial charge >= 0.3 is 0 Å². The molecule has 1 aliphatic heterocycles. The first-order valence-corrected chi connectivity index (χ1v) is 6.83. The van der Waals surface area contributed by atoms with Gasteiger partial charge in [0.05, 0.1) is 0 Å². The maximum absolute atomic E-state index is 14.0. The molecule has 0 radical (unpaired) electrons. The molecular formula is C15H23FN2. The molecule has 1 N–H and O–H groups in total. The van der Waals surface area contributed by atoms with E-state index in [9.17, 15) is 4.39 Å². The summed E-state index contributed by atoms with van der Waals surface area (Å²) in [5.41, 5.74) is 1.87. The lowest BCUT2D eigenvalue weighted by atomic mass is 10.1. The van der Waals surface area contributed by atoms with Crippen LogP contribution in [0.5, 0.6) is 0 Å². The van der Waals surface area contributed by atoms with Crippen molar-refractivity contribution in [2.24, 2.45) is 5.92 Å². The van der Waals surface area contributed by atoms with Gasteiger partial charge in [-0.2, -0.15) is 0 Å². The van der Waals surface area contributed by atoms with Crippen LogP contribution < -0.4 is 10.2 Å². The van der Waals surface area contributed by atoms with Crippen LogP contribution >= 0.6 is 0 Å². The van der Waals surface area contributed by atoms with E-state index in [2.05, 4.69) is 31.0 Å². The number of rotatable bonds is 4. The monoisotopic (exact) mass is 250 g/mol. The quantitative estimate of drug-likeness (QED) is 0.883. The fraction of sp³-hybridized carbons (Fsp3) is 0.600. The molecule has 0 bridgehead atoms. The predicted molar refractivity (Wildman–Crippen MR) is 74.4 cm³/mol. The van der Waals surface area contributed by atoms with E-state index in [0.29, 0.717) is 18.5 Å². The zero-order valence-corrected chi connectivity index (χ0v) is 11.5. The average molecular weight is 250 g/mol. The molecule has 0 amide bonds. The van der Waals surface area contributed by atoms with E-state index in [0.717, 1.165) is 24.3 Å². The maximum Gasteiger partial charge on any atom is 0.129 e. The fourth-order valence-corrected chi connectivity index (χ4v) is 2.48. The molecule has 1 unspecified atom stereocenters. The molecule has 1 aliphatic rings. The highest BCUT2D eigenvalue weighted by molar-refractivity contribution is 5.55. The van der Waals surface area contributed by atoms with Gasteiger partial charge in [-0.1, -0.05) is 26.8 Å². The van der Waals surface area contributed by atoms with Gasteiger partial charge in [-0.05, 0) is 24.5 Å². The van der Waals surface area contributed by atoms with E-state index in [1.165, 1.54) is 6.42 Å². The van der Waals surface area contributed by atoms with Gasteiger partial charge in [0.25, 0.3) is 0 Å². The van der Waals surface area contributed by atoms with Crippen LogP contribution in [0.2, 0.25) is 0 Å². The molecule has 0 aliphatic carbocycles.